The number of rotatable bonds is 1. The average molecular weight is 303 g/mol. The first-order chi connectivity index (χ1) is 9.95. The Kier molecular flexibility index (Phi) is 3.27. The number of benzene rings is 1. The van der Waals surface area contributed by atoms with Gasteiger partial charge in [0.15, 0.2) is 0 Å². The number of carbonyl (C=O) groups is 1. The van der Waals surface area contributed by atoms with Crippen LogP contribution in [-0.4, -0.2) is 34.1 Å². The van der Waals surface area contributed by atoms with Gasteiger partial charge in [-0.25, -0.2) is 0 Å². The Morgan fingerprint density at radius 3 is 2.81 bits per heavy atom. The van der Waals surface area contributed by atoms with Crippen molar-refractivity contribution in [1.29, 1.82) is 5.26 Å². The molecule has 2 aliphatic heterocycles. The van der Waals surface area contributed by atoms with Gasteiger partial charge in [0.25, 0.3) is 5.91 Å². The topological polar surface area (TPSA) is 64.3 Å². The van der Waals surface area contributed by atoms with Crippen molar-refractivity contribution in [1.82, 2.24) is 4.90 Å². The van der Waals surface area contributed by atoms with Crippen LogP contribution in [-0.2, 0) is 4.79 Å². The van der Waals surface area contributed by atoms with E-state index in [2.05, 4.69) is 0 Å². The van der Waals surface area contributed by atoms with Crippen LogP contribution in [0, 0.1) is 18.3 Å². The molecule has 4 nitrogen and oxygen atoms in total. The second-order valence-electron chi connectivity index (χ2n) is 5.65. The molecule has 2 aliphatic rings. The van der Waals surface area contributed by atoms with Crippen molar-refractivity contribution in [2.75, 3.05) is 0 Å². The van der Waals surface area contributed by atoms with E-state index in [1.807, 2.05) is 19.1 Å². The number of hydrogen-bond acceptors (Lipinski definition) is 3. The van der Waals surface area contributed by atoms with E-state index in [1.54, 1.807) is 24.0 Å². The molecular formula is C16H15ClN2O2. The molecule has 1 N–H and O–H groups in total. The first-order valence-electron chi connectivity index (χ1n) is 6.87. The number of hydrogen-bond donors (Lipinski definition) is 1. The van der Waals surface area contributed by atoms with Crippen molar-refractivity contribution in [2.24, 2.45) is 0 Å². The van der Waals surface area contributed by atoms with E-state index < -0.39 is 6.10 Å². The van der Waals surface area contributed by atoms with Crippen molar-refractivity contribution in [3.8, 4) is 6.07 Å². The molecule has 1 amide bonds. The summed E-state index contributed by atoms with van der Waals surface area (Å²) in [5.41, 5.74) is 2.42. The van der Waals surface area contributed by atoms with Gasteiger partial charge in [0.1, 0.15) is 6.07 Å². The van der Waals surface area contributed by atoms with Crippen LogP contribution in [0.3, 0.4) is 0 Å². The lowest BCUT2D eigenvalue weighted by atomic mass is 9.97. The van der Waals surface area contributed by atoms with Crippen LogP contribution in [0.4, 0.5) is 0 Å². The molecule has 1 saturated heterocycles. The molecule has 3 rings (SSSR count). The highest BCUT2D eigenvalue weighted by Gasteiger charge is 2.45. The summed E-state index contributed by atoms with van der Waals surface area (Å²) in [5.74, 6) is -0.0760. The molecule has 3 atom stereocenters. The average Bonchev–Trinajstić information content (AvgIpc) is 2.93. The summed E-state index contributed by atoms with van der Waals surface area (Å²) >= 11 is 6.18. The number of carbonyl (C=O) groups excluding carboxylic acids is 1. The maximum absolute atomic E-state index is 12.6. The van der Waals surface area contributed by atoms with Gasteiger partial charge in [0.05, 0.1) is 22.7 Å². The zero-order valence-electron chi connectivity index (χ0n) is 11.8. The summed E-state index contributed by atoms with van der Waals surface area (Å²) in [6.45, 7) is 3.74. The molecule has 0 aromatic heterocycles. The number of amides is 1. The molecule has 1 aromatic carbocycles. The Labute approximate surface area is 128 Å². The number of nitrogens with zero attached hydrogens (tertiary/aromatic N) is 2. The predicted octanol–water partition coefficient (Wildman–Crippen LogP) is 2.27. The molecule has 108 valence electrons. The summed E-state index contributed by atoms with van der Waals surface area (Å²) in [7, 11) is 0. The normalized spacial score (nSPS) is 27.6. The zero-order chi connectivity index (χ0) is 15.3. The fourth-order valence-electron chi connectivity index (χ4n) is 3.26. The molecule has 21 heavy (non-hydrogen) atoms. The van der Waals surface area contributed by atoms with Crippen molar-refractivity contribution >= 4 is 23.1 Å². The third-order valence-corrected chi connectivity index (χ3v) is 4.86. The molecule has 0 radical (unpaired) electrons. The van der Waals surface area contributed by atoms with Gasteiger partial charge >= 0.3 is 0 Å². The molecule has 0 spiro atoms. The van der Waals surface area contributed by atoms with Gasteiger partial charge in [0.2, 0.25) is 0 Å². The fraction of sp³-hybridized carbons (Fsp3) is 0.375. The predicted molar refractivity (Wildman–Crippen MR) is 79.6 cm³/mol. The van der Waals surface area contributed by atoms with Crippen molar-refractivity contribution in [3.05, 3.63) is 39.9 Å². The minimum atomic E-state index is -0.518. The Balaban J connectivity index is 2.07. The summed E-state index contributed by atoms with van der Waals surface area (Å²) in [5, 5.41) is 19.4. The Morgan fingerprint density at radius 1 is 1.48 bits per heavy atom. The van der Waals surface area contributed by atoms with Crippen molar-refractivity contribution in [3.63, 3.8) is 0 Å². The largest absolute Gasteiger partial charge is 0.391 e. The molecule has 2 heterocycles. The Morgan fingerprint density at radius 2 is 2.19 bits per heavy atom. The molecule has 1 fully saturated rings. The molecule has 5 heteroatoms. The molecule has 0 aliphatic carbocycles. The van der Waals surface area contributed by atoms with Gasteiger partial charge < -0.3 is 10.0 Å². The number of aliphatic hydroxyl groups is 1. The van der Waals surface area contributed by atoms with Crippen LogP contribution in [0.5, 0.6) is 0 Å². The number of halogens is 1. The fourth-order valence-corrected chi connectivity index (χ4v) is 3.47. The first-order valence-corrected chi connectivity index (χ1v) is 7.25. The van der Waals surface area contributed by atoms with E-state index in [0.717, 1.165) is 11.1 Å². The highest BCUT2D eigenvalue weighted by atomic mass is 35.5. The van der Waals surface area contributed by atoms with E-state index >= 15 is 0 Å². The molecule has 0 bridgehead atoms. The van der Waals surface area contributed by atoms with Gasteiger partial charge in [-0.1, -0.05) is 17.7 Å². The lowest BCUT2D eigenvalue weighted by molar-refractivity contribution is -0.126. The first kappa shape index (κ1) is 14.1. The highest BCUT2D eigenvalue weighted by molar-refractivity contribution is 6.33. The minimum absolute atomic E-state index is 0.0282. The van der Waals surface area contributed by atoms with Gasteiger partial charge in [-0.3, -0.25) is 4.79 Å². The number of aliphatic hydroxyl groups excluding tert-OH is 1. The lowest BCUT2D eigenvalue weighted by Gasteiger charge is -2.21. The van der Waals surface area contributed by atoms with E-state index in [0.29, 0.717) is 22.6 Å². The maximum atomic E-state index is 12.6. The summed E-state index contributed by atoms with van der Waals surface area (Å²) in [6.07, 6.45) is 1.91. The van der Waals surface area contributed by atoms with E-state index in [-0.39, 0.29) is 18.0 Å². The van der Waals surface area contributed by atoms with Crippen LogP contribution in [0.2, 0.25) is 5.02 Å². The van der Waals surface area contributed by atoms with Gasteiger partial charge in [-0.2, -0.15) is 5.26 Å². The van der Waals surface area contributed by atoms with Crippen LogP contribution >= 0.6 is 11.6 Å². The SMILES string of the molecule is Cc1c(C2=CC3[C@@H](O)CC(C)N3C2=O)ccc(C#N)c1Cl. The number of nitriles is 1. The van der Waals surface area contributed by atoms with Crippen molar-refractivity contribution in [2.45, 2.75) is 38.5 Å². The quantitative estimate of drug-likeness (QED) is 0.865. The molecular weight excluding hydrogens is 288 g/mol. The summed E-state index contributed by atoms with van der Waals surface area (Å²) in [4.78, 5) is 14.3. The Bertz CT molecular complexity index is 705. The lowest BCUT2D eigenvalue weighted by Crippen LogP contribution is -2.36. The van der Waals surface area contributed by atoms with Crippen LogP contribution in [0.1, 0.15) is 30.0 Å². The maximum Gasteiger partial charge on any atom is 0.255 e. The summed E-state index contributed by atoms with van der Waals surface area (Å²) in [6, 6.07) is 5.19. The standard InChI is InChI=1S/C16H15ClN2O2/c1-8-5-14(20)13-6-12(16(21)19(8)13)11-4-3-10(7-18)15(17)9(11)2/h3-4,6,8,13-14,20H,5H2,1-2H3/t8?,13?,14-/m0/s1. The van der Waals surface area contributed by atoms with Crippen molar-refractivity contribution < 1.29 is 9.90 Å². The second kappa shape index (κ2) is 4.87. The molecule has 0 saturated carbocycles. The van der Waals surface area contributed by atoms with Gasteiger partial charge in [0, 0.05) is 11.6 Å². The van der Waals surface area contributed by atoms with E-state index in [1.165, 1.54) is 0 Å². The monoisotopic (exact) mass is 302 g/mol. The van der Waals surface area contributed by atoms with Gasteiger partial charge in [-0.05, 0) is 43.5 Å². The minimum Gasteiger partial charge on any atom is -0.391 e. The third kappa shape index (κ3) is 1.97. The van der Waals surface area contributed by atoms with Gasteiger partial charge in [-0.15, -0.1) is 0 Å². The Hall–Kier alpha value is -1.83. The zero-order valence-corrected chi connectivity index (χ0v) is 12.6. The highest BCUT2D eigenvalue weighted by Crippen LogP contribution is 2.38. The van der Waals surface area contributed by atoms with Crippen LogP contribution in [0.25, 0.3) is 5.57 Å². The van der Waals surface area contributed by atoms with E-state index in [9.17, 15) is 9.90 Å². The molecule has 2 unspecified atom stereocenters. The third-order valence-electron chi connectivity index (χ3n) is 4.37. The second-order valence-corrected chi connectivity index (χ2v) is 6.02. The van der Waals surface area contributed by atoms with Crippen LogP contribution in [0.15, 0.2) is 18.2 Å². The number of fused-ring (bicyclic) bond motifs is 1. The summed E-state index contributed by atoms with van der Waals surface area (Å²) < 4.78 is 0. The molecule has 1 aromatic rings. The van der Waals surface area contributed by atoms with Crippen LogP contribution < -0.4 is 0 Å². The van der Waals surface area contributed by atoms with E-state index in [4.69, 9.17) is 16.9 Å². The smallest absolute Gasteiger partial charge is 0.255 e.